The van der Waals surface area contributed by atoms with Crippen LogP contribution in [0.25, 0.3) is 0 Å². The summed E-state index contributed by atoms with van der Waals surface area (Å²) in [6, 6.07) is 7.84. The maximum absolute atomic E-state index is 6.21. The van der Waals surface area contributed by atoms with Crippen molar-refractivity contribution in [1.29, 1.82) is 0 Å². The maximum Gasteiger partial charge on any atom is 0.125 e. The molecule has 18 heavy (non-hydrogen) atoms. The van der Waals surface area contributed by atoms with Crippen molar-refractivity contribution in [2.75, 3.05) is 6.54 Å². The lowest BCUT2D eigenvalue weighted by Gasteiger charge is -2.12. The molecule has 0 unspecified atom stereocenters. The van der Waals surface area contributed by atoms with Crippen LogP contribution in [-0.4, -0.2) is 6.54 Å². The summed E-state index contributed by atoms with van der Waals surface area (Å²) in [5.74, 6) is 0.856. The first-order valence-corrected chi connectivity index (χ1v) is 7.25. The van der Waals surface area contributed by atoms with Gasteiger partial charge >= 0.3 is 0 Å². The van der Waals surface area contributed by atoms with Gasteiger partial charge in [-0.05, 0) is 41.1 Å². The largest absolute Gasteiger partial charge is 0.488 e. The van der Waals surface area contributed by atoms with E-state index in [0.717, 1.165) is 29.4 Å². The molecular formula is C14H16ClNOS. The Balaban J connectivity index is 2.08. The van der Waals surface area contributed by atoms with E-state index in [2.05, 4.69) is 29.1 Å². The molecule has 4 heteroatoms. The number of hydrogen-bond acceptors (Lipinski definition) is 3. The normalized spacial score (nSPS) is 10.6. The molecule has 2 nitrogen and oxygen atoms in total. The fourth-order valence-electron chi connectivity index (χ4n) is 1.63. The molecule has 1 heterocycles. The Morgan fingerprint density at radius 2 is 2.22 bits per heavy atom. The Hall–Kier alpha value is -1.03. The van der Waals surface area contributed by atoms with Crippen molar-refractivity contribution in [2.45, 2.75) is 20.1 Å². The molecular weight excluding hydrogens is 266 g/mol. The average molecular weight is 282 g/mol. The fourth-order valence-corrected chi connectivity index (χ4v) is 2.52. The third-order valence-corrected chi connectivity index (χ3v) is 3.69. The summed E-state index contributed by atoms with van der Waals surface area (Å²) in [7, 11) is 0. The first-order valence-electron chi connectivity index (χ1n) is 5.93. The SMILES string of the molecule is CCNCc1c(Cl)cccc1OCc1ccsc1. The van der Waals surface area contributed by atoms with Gasteiger partial charge < -0.3 is 10.1 Å². The third kappa shape index (κ3) is 3.48. The molecule has 96 valence electrons. The smallest absolute Gasteiger partial charge is 0.125 e. The zero-order valence-corrected chi connectivity index (χ0v) is 11.9. The quantitative estimate of drug-likeness (QED) is 0.861. The first-order chi connectivity index (χ1) is 8.81. The van der Waals surface area contributed by atoms with Crippen LogP contribution in [0.15, 0.2) is 35.0 Å². The molecule has 0 aliphatic heterocycles. The van der Waals surface area contributed by atoms with E-state index in [9.17, 15) is 0 Å². The second kappa shape index (κ2) is 6.78. The number of rotatable bonds is 6. The fraction of sp³-hybridized carbons (Fsp3) is 0.286. The van der Waals surface area contributed by atoms with Gasteiger partial charge in [-0.25, -0.2) is 0 Å². The van der Waals surface area contributed by atoms with Crippen molar-refractivity contribution in [2.24, 2.45) is 0 Å². The molecule has 0 aliphatic rings. The predicted octanol–water partition coefficient (Wildman–Crippen LogP) is 4.09. The number of hydrogen-bond donors (Lipinski definition) is 1. The number of ether oxygens (including phenoxy) is 1. The number of nitrogens with one attached hydrogen (secondary N) is 1. The molecule has 0 bridgehead atoms. The van der Waals surface area contributed by atoms with Crippen molar-refractivity contribution in [1.82, 2.24) is 5.32 Å². The summed E-state index contributed by atoms with van der Waals surface area (Å²) >= 11 is 7.89. The second-order valence-electron chi connectivity index (χ2n) is 3.92. The van der Waals surface area contributed by atoms with E-state index < -0.39 is 0 Å². The van der Waals surface area contributed by atoms with Gasteiger partial charge in [-0.15, -0.1) is 0 Å². The van der Waals surface area contributed by atoms with E-state index in [4.69, 9.17) is 16.3 Å². The van der Waals surface area contributed by atoms with Crippen LogP contribution in [0.3, 0.4) is 0 Å². The average Bonchev–Trinajstić information content (AvgIpc) is 2.88. The van der Waals surface area contributed by atoms with Crippen LogP contribution < -0.4 is 10.1 Å². The van der Waals surface area contributed by atoms with Crippen LogP contribution >= 0.6 is 22.9 Å². The predicted molar refractivity (Wildman–Crippen MR) is 77.5 cm³/mol. The van der Waals surface area contributed by atoms with Crippen LogP contribution in [0.5, 0.6) is 5.75 Å². The summed E-state index contributed by atoms with van der Waals surface area (Å²) < 4.78 is 5.84. The summed E-state index contributed by atoms with van der Waals surface area (Å²) in [6.07, 6.45) is 0. The molecule has 0 saturated heterocycles. The van der Waals surface area contributed by atoms with E-state index in [1.54, 1.807) is 11.3 Å². The summed E-state index contributed by atoms with van der Waals surface area (Å²) in [5, 5.41) is 8.17. The summed E-state index contributed by atoms with van der Waals surface area (Å²) in [4.78, 5) is 0. The molecule has 0 saturated carbocycles. The molecule has 0 radical (unpaired) electrons. The lowest BCUT2D eigenvalue weighted by Crippen LogP contribution is -2.13. The van der Waals surface area contributed by atoms with E-state index >= 15 is 0 Å². The molecule has 2 rings (SSSR count). The Bertz CT molecular complexity index is 485. The molecule has 1 N–H and O–H groups in total. The topological polar surface area (TPSA) is 21.3 Å². The minimum Gasteiger partial charge on any atom is -0.488 e. The number of thiophene rings is 1. The van der Waals surface area contributed by atoms with Crippen molar-refractivity contribution in [3.63, 3.8) is 0 Å². The maximum atomic E-state index is 6.21. The zero-order chi connectivity index (χ0) is 12.8. The number of benzene rings is 1. The van der Waals surface area contributed by atoms with Gasteiger partial charge in [0.2, 0.25) is 0 Å². The van der Waals surface area contributed by atoms with E-state index in [0.29, 0.717) is 6.61 Å². The number of halogens is 1. The van der Waals surface area contributed by atoms with Gasteiger partial charge in [0.15, 0.2) is 0 Å². The Labute approximate surface area is 117 Å². The van der Waals surface area contributed by atoms with Crippen LogP contribution in [0, 0.1) is 0 Å². The monoisotopic (exact) mass is 281 g/mol. The highest BCUT2D eigenvalue weighted by Gasteiger charge is 2.08. The summed E-state index contributed by atoms with van der Waals surface area (Å²) in [6.45, 7) is 4.30. The van der Waals surface area contributed by atoms with Crippen LogP contribution in [0.1, 0.15) is 18.1 Å². The molecule has 1 aromatic carbocycles. The van der Waals surface area contributed by atoms with Gasteiger partial charge in [-0.3, -0.25) is 0 Å². The van der Waals surface area contributed by atoms with Crippen molar-refractivity contribution >= 4 is 22.9 Å². The van der Waals surface area contributed by atoms with Crippen molar-refractivity contribution in [3.05, 3.63) is 51.2 Å². The van der Waals surface area contributed by atoms with E-state index in [-0.39, 0.29) is 0 Å². The molecule has 0 atom stereocenters. The lowest BCUT2D eigenvalue weighted by molar-refractivity contribution is 0.303. The van der Waals surface area contributed by atoms with Crippen LogP contribution in [0.4, 0.5) is 0 Å². The van der Waals surface area contributed by atoms with Crippen LogP contribution in [0.2, 0.25) is 5.02 Å². The second-order valence-corrected chi connectivity index (χ2v) is 5.10. The van der Waals surface area contributed by atoms with Crippen molar-refractivity contribution < 1.29 is 4.74 Å². The van der Waals surface area contributed by atoms with E-state index in [1.807, 2.05) is 18.2 Å². The molecule has 0 amide bonds. The highest BCUT2D eigenvalue weighted by Crippen LogP contribution is 2.27. The third-order valence-electron chi connectivity index (χ3n) is 2.60. The molecule has 0 aliphatic carbocycles. The van der Waals surface area contributed by atoms with E-state index in [1.165, 1.54) is 5.56 Å². The summed E-state index contributed by atoms with van der Waals surface area (Å²) in [5.41, 5.74) is 2.21. The van der Waals surface area contributed by atoms with Gasteiger partial charge in [0.25, 0.3) is 0 Å². The highest BCUT2D eigenvalue weighted by atomic mass is 35.5. The van der Waals surface area contributed by atoms with Gasteiger partial charge in [-0.1, -0.05) is 24.6 Å². The minimum absolute atomic E-state index is 0.586. The molecule has 0 fully saturated rings. The Morgan fingerprint density at radius 1 is 1.33 bits per heavy atom. The van der Waals surface area contributed by atoms with Gasteiger partial charge in [-0.2, -0.15) is 11.3 Å². The van der Waals surface area contributed by atoms with Crippen LogP contribution in [-0.2, 0) is 13.2 Å². The molecule has 0 spiro atoms. The highest BCUT2D eigenvalue weighted by molar-refractivity contribution is 7.07. The van der Waals surface area contributed by atoms with Crippen molar-refractivity contribution in [3.8, 4) is 5.75 Å². The lowest BCUT2D eigenvalue weighted by atomic mass is 10.2. The standard InChI is InChI=1S/C14H16ClNOS/c1-2-16-8-12-13(15)4-3-5-14(12)17-9-11-6-7-18-10-11/h3-7,10,16H,2,8-9H2,1H3. The first kappa shape index (κ1) is 13.4. The zero-order valence-electron chi connectivity index (χ0n) is 10.3. The Morgan fingerprint density at radius 3 is 2.94 bits per heavy atom. The Kier molecular flexibility index (Phi) is 5.05. The molecule has 1 aromatic heterocycles. The molecule has 2 aromatic rings. The van der Waals surface area contributed by atoms with Gasteiger partial charge in [0.1, 0.15) is 12.4 Å². The van der Waals surface area contributed by atoms with Gasteiger partial charge in [0.05, 0.1) is 0 Å². The van der Waals surface area contributed by atoms with Gasteiger partial charge in [0, 0.05) is 17.1 Å². The minimum atomic E-state index is 0.586.